The van der Waals surface area contributed by atoms with Crippen molar-refractivity contribution < 1.29 is 27.5 Å². The minimum atomic E-state index is -4.01. The Morgan fingerprint density at radius 3 is 2.14 bits per heavy atom. The van der Waals surface area contributed by atoms with Crippen molar-refractivity contribution in [3.63, 3.8) is 0 Å². The van der Waals surface area contributed by atoms with Crippen LogP contribution in [0.25, 0.3) is 0 Å². The number of carbonyl (C=O) groups is 2. The number of hydrogen-bond donors (Lipinski definition) is 3. The van der Waals surface area contributed by atoms with Crippen LogP contribution >= 0.6 is 0 Å². The number of sulfonamides is 1. The van der Waals surface area contributed by atoms with Crippen molar-refractivity contribution in [1.29, 1.82) is 0 Å². The first-order chi connectivity index (χ1) is 13.8. The van der Waals surface area contributed by atoms with Crippen LogP contribution in [0.5, 0.6) is 0 Å². The zero-order valence-electron chi connectivity index (χ0n) is 15.2. The van der Waals surface area contributed by atoms with Crippen LogP contribution in [0.15, 0.2) is 65.6 Å². The lowest BCUT2D eigenvalue weighted by molar-refractivity contribution is -0.146. The number of rotatable bonds is 6. The van der Waals surface area contributed by atoms with Gasteiger partial charge in [0.05, 0.1) is 28.1 Å². The number of carboxylic acid groups (broad SMARTS) is 1. The maximum atomic E-state index is 13.1. The van der Waals surface area contributed by atoms with Crippen molar-refractivity contribution in [2.45, 2.75) is 17.7 Å². The number of benzene rings is 2. The van der Waals surface area contributed by atoms with Crippen molar-refractivity contribution in [2.75, 3.05) is 10.0 Å². The zero-order chi connectivity index (χ0) is 21.0. The van der Waals surface area contributed by atoms with Gasteiger partial charge >= 0.3 is 5.97 Å². The smallest absolute Gasteiger partial charge is 0.307 e. The van der Waals surface area contributed by atoms with E-state index in [9.17, 15) is 27.5 Å². The minimum Gasteiger partial charge on any atom is -0.481 e. The molecule has 152 valence electrons. The van der Waals surface area contributed by atoms with Gasteiger partial charge in [0, 0.05) is 0 Å². The molecule has 0 radical (unpaired) electrons. The van der Waals surface area contributed by atoms with Gasteiger partial charge < -0.3 is 10.4 Å². The lowest BCUT2D eigenvalue weighted by Gasteiger charge is -2.24. The van der Waals surface area contributed by atoms with Crippen LogP contribution in [0.4, 0.5) is 15.8 Å². The number of aliphatic carboxylic acids is 1. The van der Waals surface area contributed by atoms with E-state index in [2.05, 4.69) is 10.0 Å². The van der Waals surface area contributed by atoms with E-state index in [1.807, 2.05) is 0 Å². The molecular formula is C20H19FN2O5S. The van der Waals surface area contributed by atoms with Gasteiger partial charge in [0.1, 0.15) is 5.82 Å². The second-order valence-electron chi connectivity index (χ2n) is 6.59. The second-order valence-corrected chi connectivity index (χ2v) is 8.27. The molecule has 0 bridgehead atoms. The van der Waals surface area contributed by atoms with Crippen LogP contribution in [-0.4, -0.2) is 25.4 Å². The Labute approximate surface area is 167 Å². The van der Waals surface area contributed by atoms with Gasteiger partial charge in [0.15, 0.2) is 0 Å². The first kappa shape index (κ1) is 20.5. The van der Waals surface area contributed by atoms with E-state index in [0.717, 1.165) is 24.3 Å². The van der Waals surface area contributed by atoms with Gasteiger partial charge in [-0.3, -0.25) is 14.3 Å². The van der Waals surface area contributed by atoms with E-state index in [0.29, 0.717) is 0 Å². The molecule has 0 aliphatic heterocycles. The molecule has 0 saturated heterocycles. The quantitative estimate of drug-likeness (QED) is 0.624. The molecule has 0 spiro atoms. The molecule has 0 heterocycles. The zero-order valence-corrected chi connectivity index (χ0v) is 16.0. The first-order valence-corrected chi connectivity index (χ1v) is 10.3. The van der Waals surface area contributed by atoms with E-state index in [4.69, 9.17) is 0 Å². The van der Waals surface area contributed by atoms with Crippen LogP contribution in [-0.2, 0) is 19.6 Å². The Morgan fingerprint density at radius 2 is 1.52 bits per heavy atom. The van der Waals surface area contributed by atoms with Crippen molar-refractivity contribution in [2.24, 2.45) is 11.8 Å². The summed E-state index contributed by atoms with van der Waals surface area (Å²) in [5, 5.41) is 12.0. The maximum Gasteiger partial charge on any atom is 0.307 e. The van der Waals surface area contributed by atoms with Crippen molar-refractivity contribution >= 4 is 33.3 Å². The fraction of sp³-hybridized carbons (Fsp3) is 0.200. The summed E-state index contributed by atoms with van der Waals surface area (Å²) in [6.45, 7) is 0. The number of halogens is 1. The van der Waals surface area contributed by atoms with E-state index in [1.165, 1.54) is 12.1 Å². The highest BCUT2D eigenvalue weighted by molar-refractivity contribution is 7.92. The number of allylic oxidation sites excluding steroid dienone is 2. The number of para-hydroxylation sites is 2. The van der Waals surface area contributed by atoms with E-state index < -0.39 is 39.6 Å². The highest BCUT2D eigenvalue weighted by Crippen LogP contribution is 2.30. The third kappa shape index (κ3) is 4.80. The normalized spacial score (nSPS) is 18.8. The summed E-state index contributed by atoms with van der Waals surface area (Å²) >= 11 is 0. The molecule has 0 saturated carbocycles. The summed E-state index contributed by atoms with van der Waals surface area (Å²) in [6, 6.07) is 10.5. The average molecular weight is 418 g/mol. The van der Waals surface area contributed by atoms with Crippen molar-refractivity contribution in [3.8, 4) is 0 Å². The van der Waals surface area contributed by atoms with Crippen molar-refractivity contribution in [1.82, 2.24) is 0 Å². The molecule has 29 heavy (non-hydrogen) atoms. The van der Waals surface area contributed by atoms with Crippen LogP contribution < -0.4 is 10.0 Å². The summed E-state index contributed by atoms with van der Waals surface area (Å²) in [4.78, 5) is 24.0. The summed E-state index contributed by atoms with van der Waals surface area (Å²) in [6.07, 6.45) is 4.03. The molecule has 0 aromatic heterocycles. The first-order valence-electron chi connectivity index (χ1n) is 8.84. The molecule has 2 aromatic carbocycles. The summed E-state index contributed by atoms with van der Waals surface area (Å²) in [7, 11) is -4.01. The Bertz CT molecular complexity index is 1050. The van der Waals surface area contributed by atoms with E-state index >= 15 is 0 Å². The Hall–Kier alpha value is -3.20. The monoisotopic (exact) mass is 418 g/mol. The largest absolute Gasteiger partial charge is 0.481 e. The van der Waals surface area contributed by atoms with Crippen LogP contribution in [0.1, 0.15) is 12.8 Å². The van der Waals surface area contributed by atoms with Crippen LogP contribution in [0.2, 0.25) is 0 Å². The summed E-state index contributed by atoms with van der Waals surface area (Å²) in [5.74, 6) is -3.73. The predicted molar refractivity (Wildman–Crippen MR) is 105 cm³/mol. The predicted octanol–water partition coefficient (Wildman–Crippen LogP) is 3.23. The molecule has 1 aliphatic rings. The number of carboxylic acids is 1. The SMILES string of the molecule is O=C(O)C1CC=CCC1C(=O)Nc1ccccc1NS(=O)(=O)c1ccc(F)cc1. The van der Waals surface area contributed by atoms with Crippen LogP contribution in [0.3, 0.4) is 0 Å². The molecule has 1 aliphatic carbocycles. The van der Waals surface area contributed by atoms with E-state index in [-0.39, 0.29) is 29.1 Å². The average Bonchev–Trinajstić information content (AvgIpc) is 2.69. The van der Waals surface area contributed by atoms with Gasteiger partial charge in [-0.05, 0) is 49.2 Å². The second kappa shape index (κ2) is 8.44. The molecule has 2 aromatic rings. The molecule has 9 heteroatoms. The summed E-state index contributed by atoms with van der Waals surface area (Å²) in [5.41, 5.74) is 0.310. The molecule has 7 nitrogen and oxygen atoms in total. The van der Waals surface area contributed by atoms with Gasteiger partial charge in [-0.2, -0.15) is 0 Å². The maximum absolute atomic E-state index is 13.1. The Morgan fingerprint density at radius 1 is 0.931 bits per heavy atom. The van der Waals surface area contributed by atoms with Gasteiger partial charge in [0.25, 0.3) is 10.0 Å². The molecule has 1 amide bonds. The van der Waals surface area contributed by atoms with Gasteiger partial charge in [0.2, 0.25) is 5.91 Å². The van der Waals surface area contributed by atoms with Gasteiger partial charge in [-0.25, -0.2) is 12.8 Å². The fourth-order valence-corrected chi connectivity index (χ4v) is 4.18. The third-order valence-electron chi connectivity index (χ3n) is 4.64. The number of hydrogen-bond acceptors (Lipinski definition) is 4. The lowest BCUT2D eigenvalue weighted by Crippen LogP contribution is -2.35. The molecule has 3 N–H and O–H groups in total. The number of nitrogens with one attached hydrogen (secondary N) is 2. The number of anilines is 2. The summed E-state index contributed by atoms with van der Waals surface area (Å²) < 4.78 is 40.6. The molecular weight excluding hydrogens is 399 g/mol. The van der Waals surface area contributed by atoms with Gasteiger partial charge in [-0.15, -0.1) is 0 Å². The molecule has 2 unspecified atom stereocenters. The fourth-order valence-electron chi connectivity index (χ4n) is 3.10. The van der Waals surface area contributed by atoms with Crippen LogP contribution in [0, 0.1) is 17.7 Å². The van der Waals surface area contributed by atoms with Crippen molar-refractivity contribution in [3.05, 3.63) is 66.5 Å². The number of carbonyl (C=O) groups excluding carboxylic acids is 1. The third-order valence-corrected chi connectivity index (χ3v) is 6.02. The Balaban J connectivity index is 1.82. The standard InChI is InChI=1S/C20H19FN2O5S/c21-13-9-11-14(12-10-13)29(27,28)23-18-8-4-3-7-17(18)22-19(24)15-5-1-2-6-16(15)20(25)26/h1-4,7-12,15-16,23H,5-6H2,(H,22,24)(H,25,26). The topological polar surface area (TPSA) is 113 Å². The number of amides is 1. The van der Waals surface area contributed by atoms with Gasteiger partial charge in [-0.1, -0.05) is 24.3 Å². The highest BCUT2D eigenvalue weighted by Gasteiger charge is 2.34. The molecule has 0 fully saturated rings. The van der Waals surface area contributed by atoms with E-state index in [1.54, 1.807) is 24.3 Å². The Kier molecular flexibility index (Phi) is 5.97. The highest BCUT2D eigenvalue weighted by atomic mass is 32.2. The lowest BCUT2D eigenvalue weighted by atomic mass is 9.82. The molecule has 2 atom stereocenters. The minimum absolute atomic E-state index is 0.114. The molecule has 3 rings (SSSR count).